The zero-order valence-corrected chi connectivity index (χ0v) is 21.7. The highest BCUT2D eigenvalue weighted by Gasteiger charge is 2.16. The molecule has 198 valence electrons. The molecule has 0 bridgehead atoms. The molecular weight excluding hydrogens is 496 g/mol. The fourth-order valence-corrected chi connectivity index (χ4v) is 3.44. The number of methoxy groups -OCH3 is 1. The third-order valence-corrected chi connectivity index (χ3v) is 5.35. The molecule has 1 amide bonds. The van der Waals surface area contributed by atoms with Gasteiger partial charge in [0.2, 0.25) is 0 Å². The molecule has 0 saturated heterocycles. The van der Waals surface area contributed by atoms with Crippen molar-refractivity contribution in [1.29, 1.82) is 5.26 Å². The van der Waals surface area contributed by atoms with Crippen LogP contribution in [0.3, 0.4) is 0 Å². The maximum Gasteiger partial charge on any atom is 0.259 e. The van der Waals surface area contributed by atoms with Gasteiger partial charge in [0.15, 0.2) is 11.6 Å². The number of nitrogens with one attached hydrogen (secondary N) is 1. The molecule has 39 heavy (non-hydrogen) atoms. The van der Waals surface area contributed by atoms with Gasteiger partial charge in [-0.25, -0.2) is 4.98 Å². The number of anilines is 3. The van der Waals surface area contributed by atoms with Gasteiger partial charge in [-0.3, -0.25) is 9.78 Å². The molecular formula is C28H28N8O3. The molecule has 5 aromatic rings. The number of rotatable bonds is 4. The van der Waals surface area contributed by atoms with E-state index in [-0.39, 0.29) is 22.8 Å². The average molecular weight is 525 g/mol. The molecule has 0 spiro atoms. The van der Waals surface area contributed by atoms with Crippen LogP contribution in [0.2, 0.25) is 0 Å². The SMILES string of the molecule is CC.COc1ccc(NC(=O)c2cc3ccccc3c(N)c2O)cc1.N#Cc1cnn(-c2cnccn2)c1N. The summed E-state index contributed by atoms with van der Waals surface area (Å²) in [6, 6.07) is 17.8. The second-order valence-corrected chi connectivity index (χ2v) is 7.62. The number of ether oxygens (including phenoxy) is 1. The molecule has 2 heterocycles. The Morgan fingerprint density at radius 1 is 1.08 bits per heavy atom. The van der Waals surface area contributed by atoms with Crippen LogP contribution in [0, 0.1) is 11.3 Å². The maximum absolute atomic E-state index is 12.4. The van der Waals surface area contributed by atoms with Crippen molar-refractivity contribution < 1.29 is 14.6 Å². The topological polar surface area (TPSA) is 178 Å². The van der Waals surface area contributed by atoms with Crippen LogP contribution < -0.4 is 21.5 Å². The zero-order chi connectivity index (χ0) is 28.4. The normalized spacial score (nSPS) is 9.79. The lowest BCUT2D eigenvalue weighted by Gasteiger charge is -2.11. The highest BCUT2D eigenvalue weighted by molar-refractivity contribution is 6.11. The molecule has 0 aliphatic carbocycles. The van der Waals surface area contributed by atoms with E-state index in [0.29, 0.717) is 28.2 Å². The van der Waals surface area contributed by atoms with E-state index in [1.54, 1.807) is 49.7 Å². The Balaban J connectivity index is 0.000000224. The van der Waals surface area contributed by atoms with E-state index in [9.17, 15) is 9.90 Å². The van der Waals surface area contributed by atoms with Crippen LogP contribution in [0.15, 0.2) is 79.4 Å². The molecule has 5 rings (SSSR count). The minimum Gasteiger partial charge on any atom is -0.505 e. The van der Waals surface area contributed by atoms with Crippen molar-refractivity contribution in [2.45, 2.75) is 13.8 Å². The standard InChI is InChI=1S/C18H16N2O3.C8H6N6.C2H6/c1-23-13-8-6-12(7-9-13)20-18(22)15-10-11-4-2-3-5-14(11)16(19)17(15)21;9-3-6-4-13-14(8(6)10)7-5-11-1-2-12-7;1-2/h2-10,21H,19H2,1H3,(H,20,22);1-2,4-5H,10H2;1-2H3. The first-order chi connectivity index (χ1) is 18.9. The van der Waals surface area contributed by atoms with Crippen molar-refractivity contribution in [3.63, 3.8) is 0 Å². The zero-order valence-electron chi connectivity index (χ0n) is 21.7. The molecule has 0 aliphatic rings. The molecule has 11 nitrogen and oxygen atoms in total. The van der Waals surface area contributed by atoms with Gasteiger partial charge in [-0.05, 0) is 35.7 Å². The summed E-state index contributed by atoms with van der Waals surface area (Å²) in [5.41, 5.74) is 12.9. The number of aromatic hydroxyl groups is 1. The lowest BCUT2D eigenvalue weighted by molar-refractivity contribution is 0.102. The van der Waals surface area contributed by atoms with Crippen LogP contribution in [0.5, 0.6) is 11.5 Å². The number of aromatic nitrogens is 4. The number of phenolic OH excluding ortho intramolecular Hbond substituents is 1. The fourth-order valence-electron chi connectivity index (χ4n) is 3.44. The van der Waals surface area contributed by atoms with Crippen molar-refractivity contribution in [2.24, 2.45) is 0 Å². The van der Waals surface area contributed by atoms with Crippen molar-refractivity contribution in [3.8, 4) is 23.4 Å². The Kier molecular flexibility index (Phi) is 9.37. The van der Waals surface area contributed by atoms with Gasteiger partial charge in [-0.15, -0.1) is 0 Å². The maximum atomic E-state index is 12.4. The van der Waals surface area contributed by atoms with E-state index in [1.165, 1.54) is 23.3 Å². The van der Waals surface area contributed by atoms with Gasteiger partial charge in [0, 0.05) is 23.5 Å². The number of hydrogen-bond donors (Lipinski definition) is 4. The molecule has 3 aromatic carbocycles. The van der Waals surface area contributed by atoms with E-state index < -0.39 is 5.91 Å². The van der Waals surface area contributed by atoms with Crippen LogP contribution in [-0.2, 0) is 0 Å². The fraction of sp³-hybridized carbons (Fsp3) is 0.107. The summed E-state index contributed by atoms with van der Waals surface area (Å²) in [6.07, 6.45) is 5.99. The number of amides is 1. The van der Waals surface area contributed by atoms with Crippen molar-refractivity contribution in [2.75, 3.05) is 23.9 Å². The van der Waals surface area contributed by atoms with Gasteiger partial charge in [-0.1, -0.05) is 38.1 Å². The van der Waals surface area contributed by atoms with Gasteiger partial charge in [0.05, 0.1) is 30.8 Å². The second kappa shape index (κ2) is 13.1. The number of nitrogen functional groups attached to an aromatic ring is 2. The first-order valence-corrected chi connectivity index (χ1v) is 11.9. The van der Waals surface area contributed by atoms with Gasteiger partial charge in [-0.2, -0.15) is 15.0 Å². The second-order valence-electron chi connectivity index (χ2n) is 7.62. The van der Waals surface area contributed by atoms with E-state index in [2.05, 4.69) is 20.4 Å². The highest BCUT2D eigenvalue weighted by atomic mass is 16.5. The molecule has 0 saturated carbocycles. The molecule has 11 heteroatoms. The molecule has 0 atom stereocenters. The van der Waals surface area contributed by atoms with Crippen LogP contribution in [0.1, 0.15) is 29.8 Å². The third kappa shape index (κ3) is 6.39. The van der Waals surface area contributed by atoms with E-state index >= 15 is 0 Å². The van der Waals surface area contributed by atoms with Gasteiger partial charge in [0.1, 0.15) is 23.2 Å². The lowest BCUT2D eigenvalue weighted by Crippen LogP contribution is -2.12. The minimum atomic E-state index is -0.426. The number of phenols is 1. The first kappa shape index (κ1) is 27.9. The Hall–Kier alpha value is -5.63. The number of carbonyl (C=O) groups excluding carboxylic acids is 1. The van der Waals surface area contributed by atoms with Crippen LogP contribution in [-0.4, -0.2) is 37.9 Å². The summed E-state index contributed by atoms with van der Waals surface area (Å²) < 4.78 is 6.44. The Bertz CT molecular complexity index is 1590. The number of nitrogens with two attached hydrogens (primary N) is 2. The Labute approximate surface area is 225 Å². The third-order valence-electron chi connectivity index (χ3n) is 5.35. The van der Waals surface area contributed by atoms with Gasteiger partial charge in [0.25, 0.3) is 5.91 Å². The summed E-state index contributed by atoms with van der Waals surface area (Å²) in [4.78, 5) is 20.3. The van der Waals surface area contributed by atoms with Crippen LogP contribution >= 0.6 is 0 Å². The molecule has 2 aromatic heterocycles. The van der Waals surface area contributed by atoms with E-state index in [0.717, 1.165) is 5.39 Å². The Morgan fingerprint density at radius 3 is 2.41 bits per heavy atom. The quantitative estimate of drug-likeness (QED) is 0.194. The number of nitrogens with zero attached hydrogens (tertiary/aromatic N) is 5. The number of benzene rings is 3. The van der Waals surface area contributed by atoms with Gasteiger partial charge >= 0.3 is 0 Å². The number of nitriles is 1. The number of carbonyl (C=O) groups is 1. The molecule has 6 N–H and O–H groups in total. The summed E-state index contributed by atoms with van der Waals surface area (Å²) in [6.45, 7) is 4.00. The average Bonchev–Trinajstić information content (AvgIpc) is 3.37. The highest BCUT2D eigenvalue weighted by Crippen LogP contribution is 2.34. The van der Waals surface area contributed by atoms with Crippen molar-refractivity contribution in [1.82, 2.24) is 19.7 Å². The lowest BCUT2D eigenvalue weighted by atomic mass is 10.0. The molecule has 0 fully saturated rings. The monoisotopic (exact) mass is 524 g/mol. The van der Waals surface area contributed by atoms with Crippen molar-refractivity contribution >= 4 is 33.9 Å². The predicted octanol–water partition coefficient (Wildman–Crippen LogP) is 4.53. The molecule has 0 unspecified atom stereocenters. The smallest absolute Gasteiger partial charge is 0.259 e. The summed E-state index contributed by atoms with van der Waals surface area (Å²) in [5.74, 6) is 0.820. The van der Waals surface area contributed by atoms with E-state index in [4.69, 9.17) is 21.5 Å². The number of fused-ring (bicyclic) bond motifs is 1. The van der Waals surface area contributed by atoms with Gasteiger partial charge < -0.3 is 26.6 Å². The number of hydrogen-bond acceptors (Lipinski definition) is 9. The van der Waals surface area contributed by atoms with Crippen molar-refractivity contribution in [3.05, 3.63) is 90.5 Å². The van der Waals surface area contributed by atoms with Crippen LogP contribution in [0.4, 0.5) is 17.2 Å². The Morgan fingerprint density at radius 2 is 1.79 bits per heavy atom. The van der Waals surface area contributed by atoms with E-state index in [1.807, 2.05) is 38.1 Å². The summed E-state index contributed by atoms with van der Waals surface area (Å²) in [7, 11) is 1.57. The largest absolute Gasteiger partial charge is 0.505 e. The summed E-state index contributed by atoms with van der Waals surface area (Å²) in [5, 5.41) is 27.0. The molecule has 0 aliphatic heterocycles. The first-order valence-electron chi connectivity index (χ1n) is 11.9. The predicted molar refractivity (Wildman–Crippen MR) is 151 cm³/mol. The molecule has 0 radical (unpaired) electrons. The minimum absolute atomic E-state index is 0.136. The van der Waals surface area contributed by atoms with Crippen LogP contribution in [0.25, 0.3) is 16.6 Å². The summed E-state index contributed by atoms with van der Waals surface area (Å²) >= 11 is 0.